The van der Waals surface area contributed by atoms with E-state index in [1.807, 2.05) is 59.3 Å². The second kappa shape index (κ2) is 8.95. The van der Waals surface area contributed by atoms with Gasteiger partial charge in [0, 0.05) is 24.5 Å². The highest BCUT2D eigenvalue weighted by Crippen LogP contribution is 2.43. The summed E-state index contributed by atoms with van der Waals surface area (Å²) in [5, 5.41) is 4.82. The van der Waals surface area contributed by atoms with Crippen molar-refractivity contribution in [2.45, 2.75) is 56.1 Å². The number of nitrogens with zero attached hydrogens (tertiary/aromatic N) is 2. The third kappa shape index (κ3) is 4.70. The minimum atomic E-state index is -0.940. The van der Waals surface area contributed by atoms with Crippen LogP contribution in [-0.2, 0) is 11.2 Å². The highest BCUT2D eigenvalue weighted by molar-refractivity contribution is 7.94. The average Bonchev–Trinajstić information content (AvgIpc) is 3.20. The monoisotopic (exact) mass is 468 g/mol. The molecule has 0 unspecified atom stereocenters. The number of rotatable bonds is 6. The van der Waals surface area contributed by atoms with E-state index in [-0.39, 0.29) is 15.6 Å². The zero-order valence-corrected chi connectivity index (χ0v) is 20.9. The lowest BCUT2D eigenvalue weighted by Gasteiger charge is -2.46. The van der Waals surface area contributed by atoms with E-state index in [2.05, 4.69) is 27.7 Å². The molecule has 0 spiro atoms. The van der Waals surface area contributed by atoms with Gasteiger partial charge in [0.05, 0.1) is 19.9 Å². The second-order valence-corrected chi connectivity index (χ2v) is 12.4. The number of hydrogen-bond acceptors (Lipinski definition) is 5. The molecule has 7 heteroatoms. The first kappa shape index (κ1) is 23.5. The van der Waals surface area contributed by atoms with Crippen molar-refractivity contribution in [2.24, 2.45) is 0 Å². The Hall–Kier alpha value is -2.64. The molecule has 1 aromatic heterocycles. The topological polar surface area (TPSA) is 68.6 Å². The van der Waals surface area contributed by atoms with Crippen LogP contribution in [0.4, 0.5) is 0 Å². The van der Waals surface area contributed by atoms with Crippen molar-refractivity contribution in [2.75, 3.05) is 14.2 Å². The van der Waals surface area contributed by atoms with Gasteiger partial charge in [-0.1, -0.05) is 12.1 Å². The summed E-state index contributed by atoms with van der Waals surface area (Å²) in [5.74, 6) is 2.05. The SMILES string of the molecule is COc1ccc(-c2cc(O[C@H]3CC(C)(C)[S@+]([O-])C(C)(C)C3)nn2-c2ccccc2OC)cc1. The Morgan fingerprint density at radius 2 is 1.58 bits per heavy atom. The molecular formula is C26H32N2O4S. The Morgan fingerprint density at radius 3 is 2.18 bits per heavy atom. The van der Waals surface area contributed by atoms with Gasteiger partial charge in [0.1, 0.15) is 32.8 Å². The molecule has 0 N–H and O–H groups in total. The molecule has 2 heterocycles. The smallest absolute Gasteiger partial charge is 0.234 e. The van der Waals surface area contributed by atoms with E-state index in [0.29, 0.717) is 18.7 Å². The quantitative estimate of drug-likeness (QED) is 0.453. The molecule has 3 aromatic rings. The normalized spacial score (nSPS) is 21.4. The summed E-state index contributed by atoms with van der Waals surface area (Å²) in [6.45, 7) is 8.21. The number of methoxy groups -OCH3 is 2. The van der Waals surface area contributed by atoms with Gasteiger partial charge < -0.3 is 18.8 Å². The molecule has 0 atom stereocenters. The molecule has 6 nitrogen and oxygen atoms in total. The van der Waals surface area contributed by atoms with Crippen LogP contribution < -0.4 is 14.2 Å². The maximum absolute atomic E-state index is 12.9. The Bertz CT molecular complexity index is 1090. The summed E-state index contributed by atoms with van der Waals surface area (Å²) < 4.78 is 31.5. The second-order valence-electron chi connectivity index (χ2n) is 9.62. The predicted octanol–water partition coefficient (Wildman–Crippen LogP) is 5.40. The highest BCUT2D eigenvalue weighted by Gasteiger charge is 2.51. The maximum atomic E-state index is 12.9. The molecule has 0 saturated carbocycles. The minimum absolute atomic E-state index is 0.0718. The summed E-state index contributed by atoms with van der Waals surface area (Å²) in [5.41, 5.74) is 2.69. The fourth-order valence-electron chi connectivity index (χ4n) is 4.69. The van der Waals surface area contributed by atoms with E-state index in [4.69, 9.17) is 19.3 Å². The Kier molecular flexibility index (Phi) is 6.38. The van der Waals surface area contributed by atoms with Gasteiger partial charge in [0.2, 0.25) is 5.88 Å². The molecular weight excluding hydrogens is 436 g/mol. The van der Waals surface area contributed by atoms with Gasteiger partial charge in [-0.3, -0.25) is 0 Å². The van der Waals surface area contributed by atoms with Crippen molar-refractivity contribution >= 4 is 11.2 Å². The van der Waals surface area contributed by atoms with Gasteiger partial charge in [-0.15, -0.1) is 5.10 Å². The predicted molar refractivity (Wildman–Crippen MR) is 132 cm³/mol. The first-order valence-electron chi connectivity index (χ1n) is 11.1. The van der Waals surface area contributed by atoms with E-state index in [0.717, 1.165) is 28.4 Å². The molecule has 0 bridgehead atoms. The summed E-state index contributed by atoms with van der Waals surface area (Å²) in [6, 6.07) is 17.6. The van der Waals surface area contributed by atoms with E-state index in [1.165, 1.54) is 0 Å². The summed E-state index contributed by atoms with van der Waals surface area (Å²) in [4.78, 5) is 0. The van der Waals surface area contributed by atoms with Crippen molar-refractivity contribution in [1.29, 1.82) is 0 Å². The fraction of sp³-hybridized carbons (Fsp3) is 0.423. The van der Waals surface area contributed by atoms with Crippen LogP contribution in [0.1, 0.15) is 40.5 Å². The number of aromatic nitrogens is 2. The van der Waals surface area contributed by atoms with Crippen molar-refractivity contribution in [3.8, 4) is 34.3 Å². The Morgan fingerprint density at radius 1 is 0.939 bits per heavy atom. The number of para-hydroxylation sites is 2. The Balaban J connectivity index is 1.73. The van der Waals surface area contributed by atoms with Crippen LogP contribution in [0.2, 0.25) is 0 Å². The van der Waals surface area contributed by atoms with E-state index in [9.17, 15) is 4.55 Å². The molecule has 33 heavy (non-hydrogen) atoms. The van der Waals surface area contributed by atoms with E-state index >= 15 is 0 Å². The van der Waals surface area contributed by atoms with Gasteiger partial charge >= 0.3 is 0 Å². The molecule has 1 aliphatic heterocycles. The first-order chi connectivity index (χ1) is 15.6. The van der Waals surface area contributed by atoms with Gasteiger partial charge in [0.25, 0.3) is 0 Å². The lowest BCUT2D eigenvalue weighted by molar-refractivity contribution is 0.138. The summed E-state index contributed by atoms with van der Waals surface area (Å²) in [7, 11) is 3.30. The zero-order valence-electron chi connectivity index (χ0n) is 20.1. The molecule has 1 fully saturated rings. The standard InChI is InChI=1S/C26H32N2O4S/c1-25(2)16-20(17-26(3,4)33(25)29)32-24-15-22(18-11-13-19(30-5)14-12-18)28(27-24)21-9-7-8-10-23(21)31-6/h7-15,20H,16-17H2,1-6H3/t20-,33-. The van der Waals surface area contributed by atoms with E-state index in [1.54, 1.807) is 14.2 Å². The molecule has 0 radical (unpaired) electrons. The van der Waals surface area contributed by atoms with Crippen molar-refractivity contribution in [3.05, 3.63) is 54.6 Å². The third-order valence-electron chi connectivity index (χ3n) is 6.12. The van der Waals surface area contributed by atoms with Gasteiger partial charge in [0.15, 0.2) is 0 Å². The molecule has 4 rings (SSSR count). The number of benzene rings is 2. The van der Waals surface area contributed by atoms with Gasteiger partial charge in [-0.2, -0.15) is 0 Å². The van der Waals surface area contributed by atoms with Crippen LogP contribution in [0.3, 0.4) is 0 Å². The molecule has 0 aliphatic carbocycles. The van der Waals surface area contributed by atoms with Crippen molar-refractivity contribution in [1.82, 2.24) is 9.78 Å². The maximum Gasteiger partial charge on any atom is 0.234 e. The molecule has 1 saturated heterocycles. The third-order valence-corrected chi connectivity index (χ3v) is 8.46. The van der Waals surface area contributed by atoms with Crippen molar-refractivity contribution in [3.63, 3.8) is 0 Å². The van der Waals surface area contributed by atoms with Crippen LogP contribution in [0, 0.1) is 0 Å². The molecule has 0 amide bonds. The van der Waals surface area contributed by atoms with Crippen LogP contribution in [0.25, 0.3) is 16.9 Å². The summed E-state index contributed by atoms with van der Waals surface area (Å²) in [6.07, 6.45) is 1.35. The van der Waals surface area contributed by atoms with E-state index < -0.39 is 11.2 Å². The lowest BCUT2D eigenvalue weighted by atomic mass is 9.95. The molecule has 2 aromatic carbocycles. The number of ether oxygens (including phenoxy) is 3. The van der Waals surface area contributed by atoms with Crippen molar-refractivity contribution < 1.29 is 18.8 Å². The Labute approximate surface area is 199 Å². The molecule has 176 valence electrons. The average molecular weight is 469 g/mol. The van der Waals surface area contributed by atoms with Gasteiger partial charge in [-0.25, -0.2) is 4.68 Å². The van der Waals surface area contributed by atoms with Crippen LogP contribution in [0.5, 0.6) is 17.4 Å². The first-order valence-corrected chi connectivity index (χ1v) is 12.3. The van der Waals surface area contributed by atoms with Gasteiger partial charge in [-0.05, 0) is 75.3 Å². The van der Waals surface area contributed by atoms with Crippen LogP contribution in [-0.4, -0.2) is 44.2 Å². The molecule has 1 aliphatic rings. The fourth-order valence-corrected chi connectivity index (χ4v) is 6.87. The largest absolute Gasteiger partial charge is 0.616 e. The summed E-state index contributed by atoms with van der Waals surface area (Å²) >= 11 is -0.940. The zero-order chi connectivity index (χ0) is 23.8. The lowest BCUT2D eigenvalue weighted by Crippen LogP contribution is -2.55. The minimum Gasteiger partial charge on any atom is -0.616 e. The number of hydrogen-bond donors (Lipinski definition) is 0. The van der Waals surface area contributed by atoms with Crippen LogP contribution >= 0.6 is 0 Å². The van der Waals surface area contributed by atoms with Crippen LogP contribution in [0.15, 0.2) is 54.6 Å². The highest BCUT2D eigenvalue weighted by atomic mass is 32.2.